The molecular weight excluding hydrogens is 340 g/mol. The molecule has 25 heavy (non-hydrogen) atoms. The SMILES string of the molecule is CN(C)C1CCN(c2cc(OC(N)=O)c(N)c(C(C)(C)C)c2Cl)CC1. The predicted molar refractivity (Wildman–Crippen MR) is 104 cm³/mol. The Balaban J connectivity index is 2.45. The number of primary amides is 1. The minimum Gasteiger partial charge on any atom is -0.408 e. The van der Waals surface area contributed by atoms with E-state index in [2.05, 4.69) is 23.9 Å². The topological polar surface area (TPSA) is 84.8 Å². The molecule has 0 aromatic heterocycles. The second-order valence-electron chi connectivity index (χ2n) is 7.85. The van der Waals surface area contributed by atoms with Gasteiger partial charge in [0.05, 0.1) is 16.4 Å². The van der Waals surface area contributed by atoms with E-state index in [4.69, 9.17) is 27.8 Å². The van der Waals surface area contributed by atoms with Crippen LogP contribution in [0.5, 0.6) is 5.75 Å². The molecule has 0 atom stereocenters. The first-order valence-electron chi connectivity index (χ1n) is 8.53. The summed E-state index contributed by atoms with van der Waals surface area (Å²) in [6.07, 6.45) is 1.21. The Labute approximate surface area is 155 Å². The van der Waals surface area contributed by atoms with E-state index in [1.54, 1.807) is 6.07 Å². The van der Waals surface area contributed by atoms with Gasteiger partial charge in [-0.1, -0.05) is 32.4 Å². The third-order valence-electron chi connectivity index (χ3n) is 4.74. The van der Waals surface area contributed by atoms with Crippen LogP contribution in [0.15, 0.2) is 6.07 Å². The summed E-state index contributed by atoms with van der Waals surface area (Å²) in [5, 5.41) is 0.616. The Kier molecular flexibility index (Phi) is 5.74. The van der Waals surface area contributed by atoms with Gasteiger partial charge in [-0.3, -0.25) is 0 Å². The minimum atomic E-state index is -0.883. The van der Waals surface area contributed by atoms with Crippen LogP contribution < -0.4 is 21.1 Å². The van der Waals surface area contributed by atoms with E-state index in [0.29, 0.717) is 16.8 Å². The number of benzene rings is 1. The monoisotopic (exact) mass is 368 g/mol. The molecule has 1 amide bonds. The Bertz CT molecular complexity index is 647. The maximum absolute atomic E-state index is 11.3. The number of ether oxygens (including phenoxy) is 1. The fraction of sp³-hybridized carbons (Fsp3) is 0.611. The first-order valence-corrected chi connectivity index (χ1v) is 8.91. The third kappa shape index (κ3) is 4.30. The first kappa shape index (κ1) is 19.7. The van der Waals surface area contributed by atoms with Gasteiger partial charge in [0.1, 0.15) is 0 Å². The van der Waals surface area contributed by atoms with Gasteiger partial charge in [0.25, 0.3) is 0 Å². The zero-order valence-electron chi connectivity index (χ0n) is 15.7. The van der Waals surface area contributed by atoms with Crippen LogP contribution in [0.3, 0.4) is 0 Å². The van der Waals surface area contributed by atoms with E-state index >= 15 is 0 Å². The van der Waals surface area contributed by atoms with Crippen LogP contribution in [0.2, 0.25) is 5.02 Å². The number of hydrogen-bond donors (Lipinski definition) is 2. The molecule has 1 aromatic rings. The number of anilines is 2. The van der Waals surface area contributed by atoms with E-state index in [1.807, 2.05) is 20.8 Å². The summed E-state index contributed by atoms with van der Waals surface area (Å²) in [6, 6.07) is 2.29. The molecule has 7 heteroatoms. The Hall–Kier alpha value is -1.66. The lowest BCUT2D eigenvalue weighted by Crippen LogP contribution is -2.42. The minimum absolute atomic E-state index is 0.270. The first-order chi connectivity index (χ1) is 11.5. The van der Waals surface area contributed by atoms with Crippen molar-refractivity contribution < 1.29 is 9.53 Å². The van der Waals surface area contributed by atoms with Gasteiger partial charge in [0.2, 0.25) is 0 Å². The normalized spacial score (nSPS) is 16.4. The highest BCUT2D eigenvalue weighted by molar-refractivity contribution is 6.34. The maximum Gasteiger partial charge on any atom is 0.410 e. The molecule has 0 unspecified atom stereocenters. The molecule has 1 aliphatic heterocycles. The number of carbonyl (C=O) groups excluding carboxylic acids is 1. The lowest BCUT2D eigenvalue weighted by atomic mass is 9.85. The standard InChI is InChI=1S/C18H29ClN4O2/c1-18(2,3)14-15(19)12(10-13(16(14)20)25-17(21)24)23-8-6-11(7-9-23)22(4)5/h10-11H,6-9,20H2,1-5H3,(H2,21,24). The van der Waals surface area contributed by atoms with Crippen molar-refractivity contribution >= 4 is 29.1 Å². The van der Waals surface area contributed by atoms with Gasteiger partial charge in [-0.15, -0.1) is 0 Å². The van der Waals surface area contributed by atoms with Gasteiger partial charge in [0, 0.05) is 30.8 Å². The molecule has 0 saturated carbocycles. The summed E-state index contributed by atoms with van der Waals surface area (Å²) in [5.74, 6) is 0.270. The quantitative estimate of drug-likeness (QED) is 0.800. The van der Waals surface area contributed by atoms with Crippen molar-refractivity contribution in [3.8, 4) is 5.75 Å². The number of nitrogen functional groups attached to an aromatic ring is 1. The van der Waals surface area contributed by atoms with Gasteiger partial charge in [-0.2, -0.15) is 0 Å². The number of nitrogens with zero attached hydrogens (tertiary/aromatic N) is 2. The summed E-state index contributed by atoms with van der Waals surface area (Å²) in [6.45, 7) is 7.85. The van der Waals surface area contributed by atoms with Crippen LogP contribution in [0, 0.1) is 0 Å². The molecule has 140 valence electrons. The number of halogens is 1. The molecule has 0 radical (unpaired) electrons. The van der Waals surface area contributed by atoms with Gasteiger partial charge in [-0.25, -0.2) is 4.79 Å². The number of piperidine rings is 1. The molecule has 2 rings (SSSR count). The maximum atomic E-state index is 11.3. The summed E-state index contributed by atoms with van der Waals surface area (Å²) < 4.78 is 5.15. The zero-order chi connectivity index (χ0) is 18.9. The summed E-state index contributed by atoms with van der Waals surface area (Å²) >= 11 is 6.74. The van der Waals surface area contributed by atoms with E-state index in [1.165, 1.54) is 0 Å². The van der Waals surface area contributed by atoms with Crippen LogP contribution >= 0.6 is 11.6 Å². The molecular formula is C18H29ClN4O2. The lowest BCUT2D eigenvalue weighted by molar-refractivity contribution is 0.211. The van der Waals surface area contributed by atoms with Crippen molar-refractivity contribution in [1.29, 1.82) is 0 Å². The van der Waals surface area contributed by atoms with Crippen LogP contribution in [-0.4, -0.2) is 44.2 Å². The Morgan fingerprint density at radius 1 is 1.32 bits per heavy atom. The summed E-state index contributed by atoms with van der Waals surface area (Å²) in [7, 11) is 4.21. The van der Waals surface area contributed by atoms with Crippen molar-refractivity contribution in [3.05, 3.63) is 16.7 Å². The van der Waals surface area contributed by atoms with Gasteiger partial charge in [-0.05, 0) is 32.4 Å². The number of amides is 1. The van der Waals surface area contributed by atoms with Gasteiger partial charge >= 0.3 is 6.09 Å². The third-order valence-corrected chi connectivity index (χ3v) is 5.13. The number of rotatable bonds is 3. The average molecular weight is 369 g/mol. The van der Waals surface area contributed by atoms with E-state index < -0.39 is 6.09 Å². The van der Waals surface area contributed by atoms with E-state index in [9.17, 15) is 4.79 Å². The zero-order valence-corrected chi connectivity index (χ0v) is 16.5. The van der Waals surface area contributed by atoms with Crippen LogP contribution in [0.1, 0.15) is 39.2 Å². The number of carbonyl (C=O) groups is 1. The molecule has 0 aliphatic carbocycles. The smallest absolute Gasteiger partial charge is 0.408 e. The van der Waals surface area contributed by atoms with Crippen molar-refractivity contribution in [2.45, 2.75) is 45.1 Å². The predicted octanol–water partition coefficient (Wildman–Crippen LogP) is 3.21. The van der Waals surface area contributed by atoms with Crippen LogP contribution in [0.4, 0.5) is 16.2 Å². The lowest BCUT2D eigenvalue weighted by Gasteiger charge is -2.38. The number of hydrogen-bond acceptors (Lipinski definition) is 5. The van der Waals surface area contributed by atoms with Gasteiger partial charge in [0.15, 0.2) is 5.75 Å². The van der Waals surface area contributed by atoms with Crippen molar-refractivity contribution in [2.24, 2.45) is 5.73 Å². The average Bonchev–Trinajstić information content (AvgIpc) is 2.48. The Morgan fingerprint density at radius 3 is 2.32 bits per heavy atom. The second-order valence-corrected chi connectivity index (χ2v) is 8.23. The van der Waals surface area contributed by atoms with Crippen molar-refractivity contribution in [2.75, 3.05) is 37.8 Å². The van der Waals surface area contributed by atoms with Crippen molar-refractivity contribution in [1.82, 2.24) is 4.90 Å². The molecule has 0 spiro atoms. The highest BCUT2D eigenvalue weighted by Crippen LogP contribution is 2.45. The summed E-state index contributed by atoms with van der Waals surface area (Å²) in [5.41, 5.74) is 13.1. The Morgan fingerprint density at radius 2 is 1.88 bits per heavy atom. The molecule has 6 nitrogen and oxygen atoms in total. The molecule has 1 heterocycles. The molecule has 4 N–H and O–H groups in total. The van der Waals surface area contributed by atoms with Crippen LogP contribution in [0.25, 0.3) is 0 Å². The molecule has 0 bridgehead atoms. The fourth-order valence-corrected chi connectivity index (χ4v) is 3.97. The van der Waals surface area contributed by atoms with E-state index in [0.717, 1.165) is 37.2 Å². The molecule has 1 saturated heterocycles. The highest BCUT2D eigenvalue weighted by Gasteiger charge is 2.29. The van der Waals surface area contributed by atoms with Crippen LogP contribution in [-0.2, 0) is 5.41 Å². The van der Waals surface area contributed by atoms with Gasteiger partial charge < -0.3 is 26.0 Å². The largest absolute Gasteiger partial charge is 0.410 e. The van der Waals surface area contributed by atoms with E-state index in [-0.39, 0.29) is 11.2 Å². The molecule has 1 aromatic carbocycles. The number of nitrogens with two attached hydrogens (primary N) is 2. The second kappa shape index (κ2) is 7.30. The fourth-order valence-electron chi connectivity index (χ4n) is 3.41. The molecule has 1 fully saturated rings. The summed E-state index contributed by atoms with van der Waals surface area (Å²) in [4.78, 5) is 15.7. The molecule has 1 aliphatic rings. The van der Waals surface area contributed by atoms with Crippen molar-refractivity contribution in [3.63, 3.8) is 0 Å². The highest BCUT2D eigenvalue weighted by atomic mass is 35.5.